The summed E-state index contributed by atoms with van der Waals surface area (Å²) in [4.78, 5) is 39.9. The number of hydrogen-bond acceptors (Lipinski definition) is 5. The first-order chi connectivity index (χ1) is 16.0. The van der Waals surface area contributed by atoms with Gasteiger partial charge in [-0.05, 0) is 51.8 Å². The molecule has 0 saturated heterocycles. The molecule has 8 nitrogen and oxygen atoms in total. The van der Waals surface area contributed by atoms with Gasteiger partial charge in [-0.25, -0.2) is 12.7 Å². The van der Waals surface area contributed by atoms with Crippen LogP contribution < -0.4 is 5.32 Å². The van der Waals surface area contributed by atoms with Gasteiger partial charge in [0.1, 0.15) is 10.9 Å². The zero-order chi connectivity index (χ0) is 25.0. The Balaban J connectivity index is 1.70. The van der Waals surface area contributed by atoms with Crippen LogP contribution in [0, 0.1) is 6.92 Å². The molecular weight excluding hydrogens is 454 g/mol. The summed E-state index contributed by atoms with van der Waals surface area (Å²) in [6, 6.07) is 13.0. The quantitative estimate of drug-likeness (QED) is 0.588. The predicted molar refractivity (Wildman–Crippen MR) is 128 cm³/mol. The molecule has 34 heavy (non-hydrogen) atoms. The normalized spacial score (nSPS) is 15.2. The molecule has 0 saturated carbocycles. The van der Waals surface area contributed by atoms with Crippen molar-refractivity contribution in [3.05, 3.63) is 65.2 Å². The van der Waals surface area contributed by atoms with Gasteiger partial charge in [0.2, 0.25) is 11.8 Å². The fraction of sp³-hybridized carbons (Fsp3) is 0.400. The smallest absolute Gasteiger partial charge is 0.269 e. The molecule has 1 unspecified atom stereocenters. The number of benzene rings is 2. The Morgan fingerprint density at radius 2 is 1.68 bits per heavy atom. The zero-order valence-corrected chi connectivity index (χ0v) is 20.8. The number of sulfonamides is 1. The maximum atomic E-state index is 13.2. The molecule has 2 aromatic rings. The first-order valence-electron chi connectivity index (χ1n) is 11.3. The minimum atomic E-state index is -3.91. The zero-order valence-electron chi connectivity index (χ0n) is 19.9. The fourth-order valence-corrected chi connectivity index (χ4v) is 5.45. The van der Waals surface area contributed by atoms with E-state index >= 15 is 0 Å². The largest absolute Gasteiger partial charge is 0.352 e. The highest BCUT2D eigenvalue weighted by atomic mass is 32.2. The monoisotopic (exact) mass is 485 g/mol. The van der Waals surface area contributed by atoms with E-state index in [1.54, 1.807) is 19.1 Å². The van der Waals surface area contributed by atoms with Crippen molar-refractivity contribution in [2.45, 2.75) is 64.1 Å². The molecule has 9 heteroatoms. The second-order valence-electron chi connectivity index (χ2n) is 8.83. The van der Waals surface area contributed by atoms with E-state index in [1.807, 2.05) is 45.0 Å². The molecular formula is C25H31N3O5S. The van der Waals surface area contributed by atoms with E-state index in [1.165, 1.54) is 17.0 Å². The lowest BCUT2D eigenvalue weighted by molar-refractivity contribution is -0.140. The predicted octanol–water partition coefficient (Wildman–Crippen LogP) is 2.86. The van der Waals surface area contributed by atoms with Crippen LogP contribution in [0.25, 0.3) is 0 Å². The van der Waals surface area contributed by atoms with Gasteiger partial charge >= 0.3 is 0 Å². The summed E-state index contributed by atoms with van der Waals surface area (Å²) < 4.78 is 26.3. The minimum Gasteiger partial charge on any atom is -0.352 e. The summed E-state index contributed by atoms with van der Waals surface area (Å²) in [5.74, 6) is -1.12. The highest BCUT2D eigenvalue weighted by Gasteiger charge is 2.40. The number of nitrogens with one attached hydrogen (secondary N) is 1. The van der Waals surface area contributed by atoms with Crippen LogP contribution in [0.5, 0.6) is 0 Å². The molecule has 0 aliphatic carbocycles. The summed E-state index contributed by atoms with van der Waals surface area (Å²) in [6.07, 6.45) is 0.154. The van der Waals surface area contributed by atoms with Crippen molar-refractivity contribution in [1.29, 1.82) is 0 Å². The molecule has 0 aromatic heterocycles. The van der Waals surface area contributed by atoms with Gasteiger partial charge in [0.25, 0.3) is 15.9 Å². The van der Waals surface area contributed by atoms with Gasteiger partial charge in [0.05, 0.1) is 5.56 Å². The lowest BCUT2D eigenvalue weighted by atomic mass is 10.1. The Kier molecular flexibility index (Phi) is 7.76. The summed E-state index contributed by atoms with van der Waals surface area (Å²) in [6.45, 7) is 7.49. The van der Waals surface area contributed by atoms with Crippen LogP contribution in [0.3, 0.4) is 0 Å². The Labute approximate surface area is 201 Å². The third kappa shape index (κ3) is 5.47. The first-order valence-corrected chi connectivity index (χ1v) is 12.8. The second kappa shape index (κ2) is 10.4. The highest BCUT2D eigenvalue weighted by Crippen LogP contribution is 2.30. The molecule has 2 aromatic carbocycles. The van der Waals surface area contributed by atoms with E-state index in [9.17, 15) is 22.8 Å². The van der Waals surface area contributed by atoms with Gasteiger partial charge in [0.15, 0.2) is 0 Å². The lowest BCUT2D eigenvalue weighted by Crippen LogP contribution is -2.49. The van der Waals surface area contributed by atoms with Crippen LogP contribution in [-0.2, 0) is 26.2 Å². The van der Waals surface area contributed by atoms with E-state index in [4.69, 9.17) is 0 Å². The standard InChI is InChI=1S/C25H31N3O5S/c1-17(2)26-24(30)19(4)27(16-20-13-11-18(3)12-14-20)23(29)10-7-15-28-25(31)21-8-5-6-9-22(21)34(28,32)33/h5-6,8-9,11-14,17,19H,7,10,15-16H2,1-4H3,(H,26,30). The number of rotatable bonds is 9. The highest BCUT2D eigenvalue weighted by molar-refractivity contribution is 7.90. The maximum Gasteiger partial charge on any atom is 0.269 e. The van der Waals surface area contributed by atoms with Gasteiger partial charge in [-0.15, -0.1) is 0 Å². The number of carbonyl (C=O) groups is 3. The molecule has 0 radical (unpaired) electrons. The summed E-state index contributed by atoms with van der Waals surface area (Å²) in [7, 11) is -3.91. The van der Waals surface area contributed by atoms with Crippen LogP contribution in [-0.4, -0.2) is 54.0 Å². The number of amides is 3. The Hall–Kier alpha value is -3.20. The molecule has 182 valence electrons. The van der Waals surface area contributed by atoms with Crippen molar-refractivity contribution in [3.63, 3.8) is 0 Å². The summed E-state index contributed by atoms with van der Waals surface area (Å²) in [5, 5.41) is 2.84. The topological polar surface area (TPSA) is 104 Å². The summed E-state index contributed by atoms with van der Waals surface area (Å²) in [5.41, 5.74) is 2.12. The third-order valence-corrected chi connectivity index (χ3v) is 7.58. The van der Waals surface area contributed by atoms with Crippen LogP contribution in [0.1, 0.15) is 55.1 Å². The van der Waals surface area contributed by atoms with Gasteiger partial charge in [-0.1, -0.05) is 42.0 Å². The molecule has 1 atom stereocenters. The number of carbonyl (C=O) groups excluding carboxylic acids is 3. The molecule has 3 rings (SSSR count). The van der Waals surface area contributed by atoms with Crippen molar-refractivity contribution >= 4 is 27.7 Å². The van der Waals surface area contributed by atoms with Crippen molar-refractivity contribution in [2.24, 2.45) is 0 Å². The molecule has 0 fully saturated rings. The van der Waals surface area contributed by atoms with E-state index in [0.717, 1.165) is 15.4 Å². The third-order valence-electron chi connectivity index (χ3n) is 5.74. The molecule has 3 amide bonds. The maximum absolute atomic E-state index is 13.2. The number of aryl methyl sites for hydroxylation is 1. The Morgan fingerprint density at radius 3 is 2.29 bits per heavy atom. The van der Waals surface area contributed by atoms with Crippen LogP contribution >= 0.6 is 0 Å². The van der Waals surface area contributed by atoms with Gasteiger partial charge in [-0.3, -0.25) is 14.4 Å². The molecule has 0 bridgehead atoms. The Bertz CT molecular complexity index is 1180. The van der Waals surface area contributed by atoms with Crippen molar-refractivity contribution in [2.75, 3.05) is 6.54 Å². The van der Waals surface area contributed by atoms with Gasteiger partial charge < -0.3 is 10.2 Å². The molecule has 1 N–H and O–H groups in total. The van der Waals surface area contributed by atoms with E-state index in [2.05, 4.69) is 5.32 Å². The Morgan fingerprint density at radius 1 is 1.03 bits per heavy atom. The first kappa shape index (κ1) is 25.4. The van der Waals surface area contributed by atoms with Crippen molar-refractivity contribution in [3.8, 4) is 0 Å². The van der Waals surface area contributed by atoms with Crippen LogP contribution in [0.2, 0.25) is 0 Å². The van der Waals surface area contributed by atoms with E-state index in [0.29, 0.717) is 0 Å². The van der Waals surface area contributed by atoms with Crippen molar-refractivity contribution in [1.82, 2.24) is 14.5 Å². The second-order valence-corrected chi connectivity index (χ2v) is 10.7. The van der Waals surface area contributed by atoms with Gasteiger partial charge in [0, 0.05) is 25.6 Å². The minimum absolute atomic E-state index is 0.000799. The SMILES string of the molecule is Cc1ccc(CN(C(=O)CCCN2C(=O)c3ccccc3S2(=O)=O)C(C)C(=O)NC(C)C)cc1. The van der Waals surface area contributed by atoms with Gasteiger partial charge in [-0.2, -0.15) is 0 Å². The van der Waals surface area contributed by atoms with Crippen molar-refractivity contribution < 1.29 is 22.8 Å². The molecule has 0 spiro atoms. The van der Waals surface area contributed by atoms with Crippen LogP contribution in [0.15, 0.2) is 53.4 Å². The van der Waals surface area contributed by atoms with E-state index < -0.39 is 22.0 Å². The lowest BCUT2D eigenvalue weighted by Gasteiger charge is -2.29. The molecule has 1 aliphatic heterocycles. The number of fused-ring (bicyclic) bond motifs is 1. The number of nitrogens with zero attached hydrogens (tertiary/aromatic N) is 2. The number of hydrogen-bond donors (Lipinski definition) is 1. The molecule has 1 heterocycles. The average molecular weight is 486 g/mol. The fourth-order valence-electron chi connectivity index (χ4n) is 3.85. The molecule has 1 aliphatic rings. The summed E-state index contributed by atoms with van der Waals surface area (Å²) >= 11 is 0. The average Bonchev–Trinajstić information content (AvgIpc) is 2.98. The van der Waals surface area contributed by atoms with E-state index in [-0.39, 0.29) is 54.2 Å². The van der Waals surface area contributed by atoms with Crippen LogP contribution in [0.4, 0.5) is 0 Å².